The number of rotatable bonds is 4. The quantitative estimate of drug-likeness (QED) is 0.817. The van der Waals surface area contributed by atoms with E-state index in [-0.39, 0.29) is 17.7 Å². The lowest BCUT2D eigenvalue weighted by Crippen LogP contribution is -2.18. The Bertz CT molecular complexity index is 351. The molecule has 0 aliphatic heterocycles. The molecule has 0 unspecified atom stereocenters. The second-order valence-electron chi connectivity index (χ2n) is 3.19. The summed E-state index contributed by atoms with van der Waals surface area (Å²) in [5.41, 5.74) is 5.40. The fourth-order valence-corrected chi connectivity index (χ4v) is 1.26. The van der Waals surface area contributed by atoms with Gasteiger partial charge in [0.2, 0.25) is 0 Å². The summed E-state index contributed by atoms with van der Waals surface area (Å²) in [7, 11) is 0. The Morgan fingerprint density at radius 2 is 1.94 bits per heavy atom. The van der Waals surface area contributed by atoms with Crippen LogP contribution >= 0.6 is 0 Å². The van der Waals surface area contributed by atoms with Crippen LogP contribution in [0.25, 0.3) is 0 Å². The van der Waals surface area contributed by atoms with Crippen LogP contribution in [0.2, 0.25) is 0 Å². The van der Waals surface area contributed by atoms with Gasteiger partial charge in [-0.1, -0.05) is 0 Å². The van der Waals surface area contributed by atoms with E-state index < -0.39 is 12.2 Å². The highest BCUT2D eigenvalue weighted by Crippen LogP contribution is 2.27. The molecule has 0 aromatic heterocycles. The van der Waals surface area contributed by atoms with Crippen molar-refractivity contribution in [3.8, 4) is 5.75 Å². The summed E-state index contributed by atoms with van der Waals surface area (Å²) in [6.45, 7) is 0.321. The lowest BCUT2D eigenvalue weighted by Gasteiger charge is -2.13. The molecule has 1 aromatic carbocycles. The molecule has 0 spiro atoms. The third-order valence-corrected chi connectivity index (χ3v) is 1.90. The normalized spacial score (nSPS) is 11.6. The zero-order valence-corrected chi connectivity index (χ0v) is 8.35. The summed E-state index contributed by atoms with van der Waals surface area (Å²) in [6.07, 6.45) is -4.05. The van der Waals surface area contributed by atoms with Crippen molar-refractivity contribution in [1.29, 1.82) is 0 Å². The zero-order valence-electron chi connectivity index (χ0n) is 8.35. The SMILES string of the molecule is NCCCc1cc(F)ccc1OC(F)(F)F. The van der Waals surface area contributed by atoms with Gasteiger partial charge in [0.1, 0.15) is 11.6 Å². The highest BCUT2D eigenvalue weighted by atomic mass is 19.4. The number of nitrogens with two attached hydrogens (primary N) is 1. The maximum absolute atomic E-state index is 12.8. The Balaban J connectivity index is 2.89. The van der Waals surface area contributed by atoms with E-state index in [1.165, 1.54) is 0 Å². The van der Waals surface area contributed by atoms with Crippen LogP contribution in [0, 0.1) is 5.82 Å². The highest BCUT2D eigenvalue weighted by Gasteiger charge is 2.32. The van der Waals surface area contributed by atoms with Gasteiger partial charge in [0.25, 0.3) is 0 Å². The molecule has 0 saturated heterocycles. The largest absolute Gasteiger partial charge is 0.573 e. The molecular weight excluding hydrogens is 226 g/mol. The van der Waals surface area contributed by atoms with E-state index in [1.54, 1.807) is 0 Å². The molecular formula is C10H11F4NO. The minimum atomic E-state index is -4.77. The van der Waals surface area contributed by atoms with Crippen molar-refractivity contribution in [3.63, 3.8) is 0 Å². The molecule has 0 bridgehead atoms. The number of hydrogen-bond acceptors (Lipinski definition) is 2. The van der Waals surface area contributed by atoms with Gasteiger partial charge in [0.15, 0.2) is 0 Å². The van der Waals surface area contributed by atoms with Crippen LogP contribution < -0.4 is 10.5 Å². The Hall–Kier alpha value is -1.30. The highest BCUT2D eigenvalue weighted by molar-refractivity contribution is 5.34. The number of aryl methyl sites for hydroxylation is 1. The van der Waals surface area contributed by atoms with Crippen LogP contribution in [-0.4, -0.2) is 12.9 Å². The molecule has 90 valence electrons. The molecule has 0 amide bonds. The molecule has 0 fully saturated rings. The van der Waals surface area contributed by atoms with Gasteiger partial charge in [-0.3, -0.25) is 0 Å². The van der Waals surface area contributed by atoms with Crippen molar-refractivity contribution < 1.29 is 22.3 Å². The van der Waals surface area contributed by atoms with Crippen LogP contribution in [0.4, 0.5) is 17.6 Å². The third-order valence-electron chi connectivity index (χ3n) is 1.90. The van der Waals surface area contributed by atoms with Gasteiger partial charge >= 0.3 is 6.36 Å². The predicted molar refractivity (Wildman–Crippen MR) is 50.5 cm³/mol. The van der Waals surface area contributed by atoms with Crippen molar-refractivity contribution in [2.75, 3.05) is 6.54 Å². The molecule has 0 aliphatic carbocycles. The van der Waals surface area contributed by atoms with E-state index in [2.05, 4.69) is 4.74 Å². The first kappa shape index (κ1) is 12.8. The van der Waals surface area contributed by atoms with Gasteiger partial charge in [0.05, 0.1) is 0 Å². The first-order valence-electron chi connectivity index (χ1n) is 4.66. The van der Waals surface area contributed by atoms with E-state index in [9.17, 15) is 17.6 Å². The lowest BCUT2D eigenvalue weighted by atomic mass is 10.1. The van der Waals surface area contributed by atoms with Crippen LogP contribution in [0.5, 0.6) is 5.75 Å². The second-order valence-corrected chi connectivity index (χ2v) is 3.19. The fraction of sp³-hybridized carbons (Fsp3) is 0.400. The van der Waals surface area contributed by atoms with Gasteiger partial charge in [-0.05, 0) is 43.1 Å². The molecule has 0 heterocycles. The van der Waals surface area contributed by atoms with Gasteiger partial charge in [-0.15, -0.1) is 13.2 Å². The summed E-state index contributed by atoms with van der Waals surface area (Å²) in [4.78, 5) is 0. The van der Waals surface area contributed by atoms with E-state index in [0.29, 0.717) is 13.0 Å². The van der Waals surface area contributed by atoms with Crippen LogP contribution in [-0.2, 0) is 6.42 Å². The minimum Gasteiger partial charge on any atom is -0.405 e. The number of alkyl halides is 3. The predicted octanol–water partition coefficient (Wildman–Crippen LogP) is 2.62. The average Bonchev–Trinajstić information content (AvgIpc) is 2.16. The monoisotopic (exact) mass is 237 g/mol. The standard InChI is InChI=1S/C10H11F4NO/c11-8-3-4-9(16-10(12,13)14)7(6-8)2-1-5-15/h3-4,6H,1-2,5,15H2. The molecule has 16 heavy (non-hydrogen) atoms. The van der Waals surface area contributed by atoms with E-state index >= 15 is 0 Å². The lowest BCUT2D eigenvalue weighted by molar-refractivity contribution is -0.274. The topological polar surface area (TPSA) is 35.2 Å². The summed E-state index contributed by atoms with van der Waals surface area (Å²) in [5, 5.41) is 0. The number of ether oxygens (including phenoxy) is 1. The number of benzene rings is 1. The van der Waals surface area contributed by atoms with Gasteiger partial charge in [0, 0.05) is 0 Å². The summed E-state index contributed by atoms with van der Waals surface area (Å²) >= 11 is 0. The fourth-order valence-electron chi connectivity index (χ4n) is 1.26. The Morgan fingerprint density at radius 3 is 2.50 bits per heavy atom. The van der Waals surface area contributed by atoms with E-state index in [1.807, 2.05) is 0 Å². The van der Waals surface area contributed by atoms with E-state index in [0.717, 1.165) is 18.2 Å². The molecule has 1 aromatic rings. The molecule has 2 N–H and O–H groups in total. The zero-order chi connectivity index (χ0) is 12.2. The minimum absolute atomic E-state index is 0.169. The van der Waals surface area contributed by atoms with Crippen molar-refractivity contribution in [2.45, 2.75) is 19.2 Å². The molecule has 0 atom stereocenters. The first-order chi connectivity index (χ1) is 7.42. The number of halogens is 4. The third kappa shape index (κ3) is 4.06. The molecule has 0 radical (unpaired) electrons. The average molecular weight is 237 g/mol. The summed E-state index contributed by atoms with van der Waals surface area (Å²) < 4.78 is 52.6. The Labute approximate surface area is 90.0 Å². The van der Waals surface area contributed by atoms with Crippen molar-refractivity contribution in [3.05, 3.63) is 29.6 Å². The molecule has 0 aliphatic rings. The molecule has 2 nitrogen and oxygen atoms in total. The first-order valence-corrected chi connectivity index (χ1v) is 4.66. The maximum Gasteiger partial charge on any atom is 0.573 e. The smallest absolute Gasteiger partial charge is 0.405 e. The summed E-state index contributed by atoms with van der Waals surface area (Å²) in [5.74, 6) is -0.969. The summed E-state index contributed by atoms with van der Waals surface area (Å²) in [6, 6.07) is 2.92. The molecule has 6 heteroatoms. The second kappa shape index (κ2) is 5.16. The van der Waals surface area contributed by atoms with Crippen LogP contribution in [0.3, 0.4) is 0 Å². The molecule has 0 saturated carbocycles. The van der Waals surface area contributed by atoms with Gasteiger partial charge in [-0.2, -0.15) is 0 Å². The van der Waals surface area contributed by atoms with Gasteiger partial charge < -0.3 is 10.5 Å². The van der Waals surface area contributed by atoms with Crippen molar-refractivity contribution in [2.24, 2.45) is 5.73 Å². The number of hydrogen-bond donors (Lipinski definition) is 1. The van der Waals surface area contributed by atoms with Crippen LogP contribution in [0.15, 0.2) is 18.2 Å². The Kier molecular flexibility index (Phi) is 4.12. The molecule has 1 rings (SSSR count). The van der Waals surface area contributed by atoms with E-state index in [4.69, 9.17) is 5.73 Å². The van der Waals surface area contributed by atoms with Crippen molar-refractivity contribution in [1.82, 2.24) is 0 Å². The maximum atomic E-state index is 12.8. The van der Waals surface area contributed by atoms with Crippen molar-refractivity contribution >= 4 is 0 Å². The Morgan fingerprint density at radius 1 is 1.25 bits per heavy atom. The van der Waals surface area contributed by atoms with Gasteiger partial charge in [-0.25, -0.2) is 4.39 Å². The van der Waals surface area contributed by atoms with Crippen LogP contribution in [0.1, 0.15) is 12.0 Å².